The summed E-state index contributed by atoms with van der Waals surface area (Å²) in [4.78, 5) is 8.63. The van der Waals surface area contributed by atoms with Gasteiger partial charge in [0, 0.05) is 11.8 Å². The zero-order chi connectivity index (χ0) is 11.5. The predicted octanol–water partition coefficient (Wildman–Crippen LogP) is 3.16. The lowest BCUT2D eigenvalue weighted by molar-refractivity contribution is 0.905. The van der Waals surface area contributed by atoms with Crippen molar-refractivity contribution in [2.75, 3.05) is 17.3 Å². The molecule has 0 saturated heterocycles. The molecule has 2 heterocycles. The van der Waals surface area contributed by atoms with Gasteiger partial charge in [0.2, 0.25) is 0 Å². The molecular weight excluding hydrogens is 238 g/mol. The van der Waals surface area contributed by atoms with Crippen LogP contribution in [0, 0.1) is 6.92 Å². The lowest BCUT2D eigenvalue weighted by Gasteiger charge is -2.13. The molecule has 3 nitrogen and oxygen atoms in total. The van der Waals surface area contributed by atoms with Crippen LogP contribution in [-0.2, 0) is 0 Å². The Bertz CT molecular complexity index is 481. The van der Waals surface area contributed by atoms with Crippen molar-refractivity contribution >= 4 is 39.1 Å². The number of anilines is 1. The van der Waals surface area contributed by atoms with E-state index in [1.807, 2.05) is 11.8 Å². The van der Waals surface area contributed by atoms with Crippen molar-refractivity contribution in [3.05, 3.63) is 17.3 Å². The minimum absolute atomic E-state index is 0.426. The van der Waals surface area contributed by atoms with E-state index in [1.54, 1.807) is 17.7 Å². The number of hydrogen-bond acceptors (Lipinski definition) is 5. The van der Waals surface area contributed by atoms with Crippen LogP contribution in [0.25, 0.3) is 10.2 Å². The molecule has 0 aliphatic rings. The van der Waals surface area contributed by atoms with Crippen molar-refractivity contribution in [2.24, 2.45) is 0 Å². The van der Waals surface area contributed by atoms with Crippen molar-refractivity contribution in [1.82, 2.24) is 9.97 Å². The molecule has 0 amide bonds. The predicted molar refractivity (Wildman–Crippen MR) is 73.6 cm³/mol. The first-order valence-electron chi connectivity index (χ1n) is 5.16. The molecule has 0 radical (unpaired) electrons. The Hall–Kier alpha value is -0.810. The van der Waals surface area contributed by atoms with E-state index in [0.29, 0.717) is 6.04 Å². The molecule has 86 valence electrons. The quantitative estimate of drug-likeness (QED) is 0.908. The number of fused-ring (bicyclic) bond motifs is 1. The maximum Gasteiger partial charge on any atom is 0.147 e. The van der Waals surface area contributed by atoms with Crippen LogP contribution in [0.1, 0.15) is 12.5 Å². The lowest BCUT2D eigenvalue weighted by atomic mass is 10.3. The fourth-order valence-electron chi connectivity index (χ4n) is 1.60. The van der Waals surface area contributed by atoms with E-state index in [4.69, 9.17) is 0 Å². The van der Waals surface area contributed by atoms with Crippen molar-refractivity contribution in [3.63, 3.8) is 0 Å². The molecule has 1 unspecified atom stereocenters. The van der Waals surface area contributed by atoms with Gasteiger partial charge in [-0.2, -0.15) is 11.8 Å². The smallest absolute Gasteiger partial charge is 0.147 e. The third kappa shape index (κ3) is 2.30. The van der Waals surface area contributed by atoms with Crippen LogP contribution < -0.4 is 5.32 Å². The Kier molecular flexibility index (Phi) is 3.66. The fraction of sp³-hybridized carbons (Fsp3) is 0.455. The summed E-state index contributed by atoms with van der Waals surface area (Å²) in [6.45, 7) is 4.26. The molecule has 1 atom stereocenters. The van der Waals surface area contributed by atoms with Crippen LogP contribution in [0.3, 0.4) is 0 Å². The zero-order valence-corrected chi connectivity index (χ0v) is 11.3. The fourth-order valence-corrected chi connectivity index (χ4v) is 3.14. The number of nitrogens with zero attached hydrogens (tertiary/aromatic N) is 2. The van der Waals surface area contributed by atoms with Crippen LogP contribution in [-0.4, -0.2) is 28.0 Å². The second-order valence-electron chi connectivity index (χ2n) is 3.82. The number of aryl methyl sites for hydroxylation is 1. The Morgan fingerprint density at radius 3 is 3.06 bits per heavy atom. The lowest BCUT2D eigenvalue weighted by Crippen LogP contribution is -2.18. The number of aromatic nitrogens is 2. The highest BCUT2D eigenvalue weighted by Crippen LogP contribution is 2.28. The molecule has 5 heteroatoms. The molecule has 0 aromatic carbocycles. The Balaban J connectivity index is 2.30. The average molecular weight is 253 g/mol. The van der Waals surface area contributed by atoms with E-state index in [-0.39, 0.29) is 0 Å². The molecule has 2 aromatic rings. The summed E-state index contributed by atoms with van der Waals surface area (Å²) in [5.74, 6) is 2.04. The first-order valence-corrected chi connectivity index (χ1v) is 7.44. The zero-order valence-electron chi connectivity index (χ0n) is 9.65. The number of hydrogen-bond donors (Lipinski definition) is 1. The van der Waals surface area contributed by atoms with Crippen LogP contribution >= 0.6 is 23.1 Å². The molecule has 2 aromatic heterocycles. The molecule has 0 spiro atoms. The van der Waals surface area contributed by atoms with Gasteiger partial charge in [0.05, 0.1) is 10.2 Å². The molecule has 2 rings (SSSR count). The maximum absolute atomic E-state index is 4.32. The summed E-state index contributed by atoms with van der Waals surface area (Å²) in [7, 11) is 0. The monoisotopic (exact) mass is 253 g/mol. The third-order valence-electron chi connectivity index (χ3n) is 2.33. The van der Waals surface area contributed by atoms with Gasteiger partial charge in [-0.15, -0.1) is 11.3 Å². The van der Waals surface area contributed by atoms with Gasteiger partial charge in [0.1, 0.15) is 12.1 Å². The van der Waals surface area contributed by atoms with Crippen molar-refractivity contribution in [1.29, 1.82) is 0 Å². The van der Waals surface area contributed by atoms with E-state index >= 15 is 0 Å². The molecule has 0 fully saturated rings. The van der Waals surface area contributed by atoms with Gasteiger partial charge < -0.3 is 5.32 Å². The molecule has 0 aliphatic carbocycles. The maximum atomic E-state index is 4.32. The largest absolute Gasteiger partial charge is 0.365 e. The molecule has 16 heavy (non-hydrogen) atoms. The topological polar surface area (TPSA) is 37.8 Å². The number of nitrogens with one attached hydrogen (secondary N) is 1. The summed E-state index contributed by atoms with van der Waals surface area (Å²) in [6, 6.07) is 0.426. The highest BCUT2D eigenvalue weighted by atomic mass is 32.2. The van der Waals surface area contributed by atoms with Crippen LogP contribution in [0.15, 0.2) is 11.7 Å². The minimum atomic E-state index is 0.426. The van der Waals surface area contributed by atoms with Crippen LogP contribution in [0.5, 0.6) is 0 Å². The first-order chi connectivity index (χ1) is 7.72. The van der Waals surface area contributed by atoms with Gasteiger partial charge in [-0.25, -0.2) is 9.97 Å². The highest BCUT2D eigenvalue weighted by Gasteiger charge is 2.09. The standard InChI is InChI=1S/C11H15N3S2/c1-7-4-16-10-9(7)12-6-13-11(10)14-8(2)5-15-3/h4,6,8H,5H2,1-3H3,(H,12,13,14). The van der Waals surface area contributed by atoms with Crippen LogP contribution in [0.4, 0.5) is 5.82 Å². The van der Waals surface area contributed by atoms with Crippen molar-refractivity contribution in [2.45, 2.75) is 19.9 Å². The SMILES string of the molecule is CSCC(C)Nc1ncnc2c(C)csc12. The summed E-state index contributed by atoms with van der Waals surface area (Å²) in [5, 5.41) is 5.57. The molecule has 0 saturated carbocycles. The normalized spacial score (nSPS) is 12.9. The third-order valence-corrected chi connectivity index (χ3v) is 4.26. The summed E-state index contributed by atoms with van der Waals surface area (Å²) in [6.07, 6.45) is 3.75. The number of thioether (sulfide) groups is 1. The molecule has 0 bridgehead atoms. The Morgan fingerprint density at radius 2 is 2.31 bits per heavy atom. The Morgan fingerprint density at radius 1 is 1.50 bits per heavy atom. The van der Waals surface area contributed by atoms with Gasteiger partial charge in [0.25, 0.3) is 0 Å². The van der Waals surface area contributed by atoms with Gasteiger partial charge in [-0.3, -0.25) is 0 Å². The van der Waals surface area contributed by atoms with Gasteiger partial charge in [0.15, 0.2) is 0 Å². The Labute approximate surface area is 104 Å². The molecule has 0 aliphatic heterocycles. The summed E-state index contributed by atoms with van der Waals surface area (Å²) < 4.78 is 1.16. The summed E-state index contributed by atoms with van der Waals surface area (Å²) >= 11 is 3.54. The van der Waals surface area contributed by atoms with E-state index < -0.39 is 0 Å². The molecular formula is C11H15N3S2. The van der Waals surface area contributed by atoms with E-state index in [2.05, 4.69) is 40.8 Å². The second-order valence-corrected chi connectivity index (χ2v) is 5.61. The highest BCUT2D eigenvalue weighted by molar-refractivity contribution is 7.98. The first kappa shape index (κ1) is 11.7. The van der Waals surface area contributed by atoms with Crippen molar-refractivity contribution in [3.8, 4) is 0 Å². The van der Waals surface area contributed by atoms with Gasteiger partial charge >= 0.3 is 0 Å². The summed E-state index contributed by atoms with van der Waals surface area (Å²) in [5.41, 5.74) is 2.29. The minimum Gasteiger partial charge on any atom is -0.365 e. The van der Waals surface area contributed by atoms with Gasteiger partial charge in [-0.1, -0.05) is 0 Å². The second kappa shape index (κ2) is 5.01. The average Bonchev–Trinajstić information content (AvgIpc) is 2.62. The van der Waals surface area contributed by atoms with E-state index in [0.717, 1.165) is 21.8 Å². The van der Waals surface area contributed by atoms with Gasteiger partial charge in [-0.05, 0) is 31.0 Å². The molecule has 1 N–H and O–H groups in total. The van der Waals surface area contributed by atoms with E-state index in [9.17, 15) is 0 Å². The van der Waals surface area contributed by atoms with E-state index in [1.165, 1.54) is 5.56 Å². The number of thiophene rings is 1. The number of rotatable bonds is 4. The van der Waals surface area contributed by atoms with Crippen LogP contribution in [0.2, 0.25) is 0 Å². The van der Waals surface area contributed by atoms with Crippen molar-refractivity contribution < 1.29 is 0 Å².